The van der Waals surface area contributed by atoms with E-state index in [2.05, 4.69) is 30.9 Å². The van der Waals surface area contributed by atoms with Crippen LogP contribution in [0.3, 0.4) is 0 Å². The average Bonchev–Trinajstić information content (AvgIpc) is 3.40. The monoisotopic (exact) mass is 470 g/mol. The fraction of sp³-hybridized carbons (Fsp3) is 0.278. The normalized spacial score (nSPS) is 11.1. The van der Waals surface area contributed by atoms with Crippen LogP contribution in [0.15, 0.2) is 46.7 Å². The lowest BCUT2D eigenvalue weighted by Gasteiger charge is -2.07. The van der Waals surface area contributed by atoms with E-state index in [1.165, 1.54) is 50.3 Å². The summed E-state index contributed by atoms with van der Waals surface area (Å²) in [6.45, 7) is 0.766. The first-order valence-electron chi connectivity index (χ1n) is 9.68. The molecule has 3 aromatic heterocycles. The first kappa shape index (κ1) is 22.1. The van der Waals surface area contributed by atoms with Gasteiger partial charge in [-0.3, -0.25) is 24.3 Å². The zero-order valence-corrected chi connectivity index (χ0v) is 18.2. The fourth-order valence-electron chi connectivity index (χ4n) is 3.06. The molecule has 15 heteroatoms. The molecule has 0 unspecified atom stereocenters. The molecule has 0 atom stereocenters. The number of aromatic nitrogens is 8. The van der Waals surface area contributed by atoms with Gasteiger partial charge in [-0.2, -0.15) is 5.10 Å². The number of nitro benzene ring substituents is 1. The van der Waals surface area contributed by atoms with Crippen molar-refractivity contribution in [3.63, 3.8) is 0 Å². The van der Waals surface area contributed by atoms with E-state index in [0.29, 0.717) is 34.8 Å². The van der Waals surface area contributed by atoms with Crippen LogP contribution in [0.25, 0.3) is 11.0 Å². The number of tetrazole rings is 1. The van der Waals surface area contributed by atoms with Crippen LogP contribution >= 0.6 is 11.8 Å². The zero-order chi connectivity index (χ0) is 23.4. The van der Waals surface area contributed by atoms with Gasteiger partial charge in [0.05, 0.1) is 30.0 Å². The predicted octanol–water partition coefficient (Wildman–Crippen LogP) is -0.0185. The van der Waals surface area contributed by atoms with Crippen molar-refractivity contribution >= 4 is 34.4 Å². The van der Waals surface area contributed by atoms with Crippen LogP contribution < -0.4 is 10.9 Å². The molecule has 3 heterocycles. The maximum absolute atomic E-state index is 12.8. The minimum Gasteiger partial charge on any atom is -0.354 e. The molecule has 14 nitrogen and oxygen atoms in total. The Bertz CT molecular complexity index is 1380. The van der Waals surface area contributed by atoms with E-state index >= 15 is 0 Å². The minimum absolute atomic E-state index is 0.0453. The highest BCUT2D eigenvalue weighted by atomic mass is 32.2. The lowest BCUT2D eigenvalue weighted by Crippen LogP contribution is -2.29. The quantitative estimate of drug-likeness (QED) is 0.199. The number of hydrogen-bond acceptors (Lipinski definition) is 10. The molecule has 170 valence electrons. The van der Waals surface area contributed by atoms with Crippen LogP contribution in [0.4, 0.5) is 5.69 Å². The molecule has 4 aromatic rings. The smallest absolute Gasteiger partial charge is 0.269 e. The van der Waals surface area contributed by atoms with Crippen molar-refractivity contribution in [2.24, 2.45) is 7.05 Å². The van der Waals surface area contributed by atoms with E-state index in [0.717, 1.165) is 0 Å². The van der Waals surface area contributed by atoms with Gasteiger partial charge in [0.2, 0.25) is 11.1 Å². The standard InChI is InChI=1S/C18H18N10O4S/c1-25-18(22-23-24-25)33-10-15(29)19-5-6-27-16-14(8-21-27)17(30)26(11-20-16)9-12-3-2-4-13(7-12)28(31)32/h2-4,7-8,11H,5-6,9-10H2,1H3,(H,19,29). The van der Waals surface area contributed by atoms with Crippen LogP contribution in [0.5, 0.6) is 0 Å². The van der Waals surface area contributed by atoms with Gasteiger partial charge in [-0.15, -0.1) is 5.10 Å². The molecule has 0 saturated carbocycles. The molecule has 1 aromatic carbocycles. The summed E-state index contributed by atoms with van der Waals surface area (Å²) >= 11 is 1.22. The van der Waals surface area contributed by atoms with Crippen molar-refractivity contribution in [2.75, 3.05) is 12.3 Å². The number of rotatable bonds is 9. The predicted molar refractivity (Wildman–Crippen MR) is 117 cm³/mol. The molecule has 0 aliphatic rings. The largest absolute Gasteiger partial charge is 0.354 e. The summed E-state index contributed by atoms with van der Waals surface area (Å²) in [6, 6.07) is 6.08. The number of thioether (sulfide) groups is 1. The average molecular weight is 470 g/mol. The number of benzene rings is 1. The molecular formula is C18H18N10O4S. The van der Waals surface area contributed by atoms with Crippen LogP contribution in [0.2, 0.25) is 0 Å². The summed E-state index contributed by atoms with van der Waals surface area (Å²) in [5.74, 6) is -0.0268. The second-order valence-electron chi connectivity index (χ2n) is 6.93. The maximum Gasteiger partial charge on any atom is 0.269 e. The molecule has 0 fully saturated rings. The van der Waals surface area contributed by atoms with Gasteiger partial charge in [0.15, 0.2) is 5.65 Å². The minimum atomic E-state index is -0.484. The Morgan fingerprint density at radius 2 is 2.18 bits per heavy atom. The second kappa shape index (κ2) is 9.56. The third-order valence-corrected chi connectivity index (χ3v) is 5.67. The molecule has 4 rings (SSSR count). The second-order valence-corrected chi connectivity index (χ2v) is 7.88. The summed E-state index contributed by atoms with van der Waals surface area (Å²) in [7, 11) is 1.69. The summed E-state index contributed by atoms with van der Waals surface area (Å²) in [5.41, 5.74) is 0.646. The number of hydrogen-bond donors (Lipinski definition) is 1. The van der Waals surface area contributed by atoms with E-state index in [-0.39, 0.29) is 29.5 Å². The van der Waals surface area contributed by atoms with E-state index in [4.69, 9.17) is 0 Å². The first-order valence-corrected chi connectivity index (χ1v) is 10.7. The van der Waals surface area contributed by atoms with E-state index in [1.807, 2.05) is 0 Å². The third kappa shape index (κ3) is 5.03. The lowest BCUT2D eigenvalue weighted by atomic mass is 10.2. The number of nitrogens with zero attached hydrogens (tertiary/aromatic N) is 9. The highest BCUT2D eigenvalue weighted by Gasteiger charge is 2.13. The van der Waals surface area contributed by atoms with Gasteiger partial charge in [0, 0.05) is 25.7 Å². The van der Waals surface area contributed by atoms with Gasteiger partial charge in [-0.1, -0.05) is 23.9 Å². The SMILES string of the molecule is Cn1nnnc1SCC(=O)NCCn1ncc2c(=O)n(Cc3cccc([N+](=O)[O-])c3)cnc21. The van der Waals surface area contributed by atoms with Gasteiger partial charge in [-0.25, -0.2) is 14.3 Å². The number of fused-ring (bicyclic) bond motifs is 1. The van der Waals surface area contributed by atoms with Crippen molar-refractivity contribution in [1.29, 1.82) is 0 Å². The Kier molecular flexibility index (Phi) is 6.39. The van der Waals surface area contributed by atoms with Crippen LogP contribution in [0, 0.1) is 10.1 Å². The Morgan fingerprint density at radius 1 is 1.33 bits per heavy atom. The molecule has 1 amide bonds. The van der Waals surface area contributed by atoms with Crippen molar-refractivity contribution in [3.05, 3.63) is 62.8 Å². The summed E-state index contributed by atoms with van der Waals surface area (Å²) in [6.07, 6.45) is 2.80. The number of nitrogens with one attached hydrogen (secondary N) is 1. The van der Waals surface area contributed by atoms with Crippen LogP contribution in [-0.2, 0) is 24.9 Å². The molecule has 0 aliphatic carbocycles. The fourth-order valence-corrected chi connectivity index (χ4v) is 3.74. The molecule has 0 spiro atoms. The van der Waals surface area contributed by atoms with E-state index < -0.39 is 4.92 Å². The van der Waals surface area contributed by atoms with Crippen molar-refractivity contribution in [1.82, 2.24) is 44.9 Å². The number of amides is 1. The Hall–Kier alpha value is -4.14. The molecule has 33 heavy (non-hydrogen) atoms. The van der Waals surface area contributed by atoms with Gasteiger partial charge >= 0.3 is 0 Å². The molecule has 0 radical (unpaired) electrons. The number of nitro groups is 1. The van der Waals surface area contributed by atoms with Crippen LogP contribution in [0.1, 0.15) is 5.56 Å². The van der Waals surface area contributed by atoms with Gasteiger partial charge in [0.1, 0.15) is 11.7 Å². The number of non-ortho nitro benzene ring substituents is 1. The van der Waals surface area contributed by atoms with E-state index in [1.54, 1.807) is 19.2 Å². The summed E-state index contributed by atoms with van der Waals surface area (Å²) in [4.78, 5) is 39.6. The topological polar surface area (TPSA) is 169 Å². The highest BCUT2D eigenvalue weighted by Crippen LogP contribution is 2.14. The zero-order valence-electron chi connectivity index (χ0n) is 17.4. The van der Waals surface area contributed by atoms with Crippen molar-refractivity contribution in [3.8, 4) is 0 Å². The summed E-state index contributed by atoms with van der Waals surface area (Å²) in [5, 5.41) is 29.8. The lowest BCUT2D eigenvalue weighted by molar-refractivity contribution is -0.384. The first-order chi connectivity index (χ1) is 15.9. The van der Waals surface area contributed by atoms with Gasteiger partial charge in [-0.05, 0) is 16.0 Å². The Morgan fingerprint density at radius 3 is 2.94 bits per heavy atom. The molecule has 1 N–H and O–H groups in total. The highest BCUT2D eigenvalue weighted by molar-refractivity contribution is 7.99. The van der Waals surface area contributed by atoms with Gasteiger partial charge in [0.25, 0.3) is 11.2 Å². The summed E-state index contributed by atoms with van der Waals surface area (Å²) < 4.78 is 4.38. The third-order valence-electron chi connectivity index (χ3n) is 4.66. The molecule has 0 bridgehead atoms. The molecular weight excluding hydrogens is 452 g/mol. The van der Waals surface area contributed by atoms with Crippen LogP contribution in [-0.4, -0.2) is 62.7 Å². The number of aryl methyl sites for hydroxylation is 1. The van der Waals surface area contributed by atoms with Gasteiger partial charge < -0.3 is 5.32 Å². The van der Waals surface area contributed by atoms with E-state index in [9.17, 15) is 19.7 Å². The molecule has 0 aliphatic heterocycles. The molecule has 0 saturated heterocycles. The Labute approximate surface area is 189 Å². The number of carbonyl (C=O) groups excluding carboxylic acids is 1. The Balaban J connectivity index is 1.38. The maximum atomic E-state index is 12.8. The number of carbonyl (C=O) groups is 1. The van der Waals surface area contributed by atoms with Crippen molar-refractivity contribution < 1.29 is 9.72 Å². The van der Waals surface area contributed by atoms with Crippen molar-refractivity contribution in [2.45, 2.75) is 18.2 Å².